The van der Waals surface area contributed by atoms with E-state index in [9.17, 15) is 9.59 Å². The number of rotatable bonds is 3. The maximum absolute atomic E-state index is 12.0. The predicted molar refractivity (Wildman–Crippen MR) is 80.1 cm³/mol. The summed E-state index contributed by atoms with van der Waals surface area (Å²) in [7, 11) is 0. The van der Waals surface area contributed by atoms with Crippen LogP contribution < -0.4 is 10.9 Å². The van der Waals surface area contributed by atoms with E-state index >= 15 is 0 Å². The zero-order valence-corrected chi connectivity index (χ0v) is 11.6. The fourth-order valence-electron chi connectivity index (χ4n) is 2.93. The van der Waals surface area contributed by atoms with Crippen LogP contribution in [0.2, 0.25) is 0 Å². The number of hydrogen-bond donors (Lipinski definition) is 2. The third kappa shape index (κ3) is 2.22. The summed E-state index contributed by atoms with van der Waals surface area (Å²) in [5.74, 6) is 0.00959. The molecule has 4 nitrogen and oxygen atoms in total. The summed E-state index contributed by atoms with van der Waals surface area (Å²) in [6, 6.07) is 5.76. The predicted octanol–water partition coefficient (Wildman–Crippen LogP) is 2.76. The van der Waals surface area contributed by atoms with E-state index in [0.717, 1.165) is 47.8 Å². The molecule has 0 saturated carbocycles. The number of pyridine rings is 1. The number of fused-ring (bicyclic) bond motifs is 3. The lowest BCUT2D eigenvalue weighted by Gasteiger charge is -2.08. The molecule has 0 spiro atoms. The van der Waals surface area contributed by atoms with Crippen molar-refractivity contribution in [3.05, 3.63) is 39.7 Å². The van der Waals surface area contributed by atoms with Crippen LogP contribution >= 0.6 is 0 Å². The zero-order chi connectivity index (χ0) is 14.1. The second kappa shape index (κ2) is 5.12. The van der Waals surface area contributed by atoms with Crippen molar-refractivity contribution in [2.45, 2.75) is 39.0 Å². The monoisotopic (exact) mass is 270 g/mol. The molecule has 2 aromatic rings. The Bertz CT molecular complexity index is 731. The van der Waals surface area contributed by atoms with Crippen LogP contribution in [-0.4, -0.2) is 10.9 Å². The highest BCUT2D eigenvalue weighted by Crippen LogP contribution is 2.27. The molecule has 0 saturated heterocycles. The summed E-state index contributed by atoms with van der Waals surface area (Å²) < 4.78 is 0. The van der Waals surface area contributed by atoms with Gasteiger partial charge in [0.15, 0.2) is 0 Å². The molecular weight excluding hydrogens is 252 g/mol. The Morgan fingerprint density at radius 1 is 1.30 bits per heavy atom. The van der Waals surface area contributed by atoms with Gasteiger partial charge in [0.25, 0.3) is 5.56 Å². The van der Waals surface area contributed by atoms with Crippen molar-refractivity contribution in [1.82, 2.24) is 4.98 Å². The van der Waals surface area contributed by atoms with Gasteiger partial charge in [-0.2, -0.15) is 0 Å². The molecule has 0 unspecified atom stereocenters. The van der Waals surface area contributed by atoms with Gasteiger partial charge in [-0.1, -0.05) is 13.0 Å². The molecule has 2 N–H and O–H groups in total. The van der Waals surface area contributed by atoms with E-state index in [-0.39, 0.29) is 11.5 Å². The average Bonchev–Trinajstić information content (AvgIpc) is 2.89. The van der Waals surface area contributed by atoms with Crippen LogP contribution in [0.4, 0.5) is 5.69 Å². The lowest BCUT2D eigenvalue weighted by atomic mass is 10.1. The van der Waals surface area contributed by atoms with E-state index in [2.05, 4.69) is 10.3 Å². The minimum atomic E-state index is 0.00959. The van der Waals surface area contributed by atoms with Crippen LogP contribution in [0.25, 0.3) is 10.9 Å². The fourth-order valence-corrected chi connectivity index (χ4v) is 2.93. The quantitative estimate of drug-likeness (QED) is 0.900. The van der Waals surface area contributed by atoms with Crippen molar-refractivity contribution >= 4 is 22.5 Å². The van der Waals surface area contributed by atoms with Crippen molar-refractivity contribution in [2.24, 2.45) is 0 Å². The second-order valence-electron chi connectivity index (χ2n) is 5.32. The average molecular weight is 270 g/mol. The Labute approximate surface area is 117 Å². The van der Waals surface area contributed by atoms with Crippen LogP contribution in [0, 0.1) is 0 Å². The molecule has 0 aliphatic heterocycles. The smallest absolute Gasteiger partial charge is 0.251 e. The van der Waals surface area contributed by atoms with E-state index < -0.39 is 0 Å². The normalized spacial score (nSPS) is 13.4. The lowest BCUT2D eigenvalue weighted by molar-refractivity contribution is -0.116. The fraction of sp³-hybridized carbons (Fsp3) is 0.375. The highest BCUT2D eigenvalue weighted by molar-refractivity contribution is 5.94. The van der Waals surface area contributed by atoms with Gasteiger partial charge in [-0.15, -0.1) is 0 Å². The third-order valence-corrected chi connectivity index (χ3v) is 3.85. The lowest BCUT2D eigenvalue weighted by Crippen LogP contribution is -2.13. The molecule has 1 aromatic heterocycles. The summed E-state index contributed by atoms with van der Waals surface area (Å²) in [6.07, 6.45) is 4.22. The number of aryl methyl sites for hydroxylation is 1. The number of carbonyl (C=O) groups is 1. The van der Waals surface area contributed by atoms with Gasteiger partial charge in [-0.25, -0.2) is 0 Å². The standard InChI is InChI=1S/C16H18N2O2/c1-2-4-15(19)17-10-7-8-12-11-5-3-6-13(11)16(20)18-14(12)9-10/h7-9H,2-6H2,1H3,(H,17,19)(H,18,20). The van der Waals surface area contributed by atoms with E-state index in [1.807, 2.05) is 25.1 Å². The van der Waals surface area contributed by atoms with Gasteiger partial charge < -0.3 is 10.3 Å². The largest absolute Gasteiger partial charge is 0.326 e. The topological polar surface area (TPSA) is 62.0 Å². The molecule has 20 heavy (non-hydrogen) atoms. The zero-order valence-electron chi connectivity index (χ0n) is 11.6. The SMILES string of the molecule is CCCC(=O)Nc1ccc2c3c(c(=O)[nH]c2c1)CCC3. The highest BCUT2D eigenvalue weighted by atomic mass is 16.1. The van der Waals surface area contributed by atoms with E-state index in [1.165, 1.54) is 5.56 Å². The van der Waals surface area contributed by atoms with Gasteiger partial charge in [-0.3, -0.25) is 9.59 Å². The number of aromatic nitrogens is 1. The maximum atomic E-state index is 12.0. The Balaban J connectivity index is 2.02. The van der Waals surface area contributed by atoms with Crippen LogP contribution in [-0.2, 0) is 17.6 Å². The van der Waals surface area contributed by atoms with E-state index in [1.54, 1.807) is 0 Å². The van der Waals surface area contributed by atoms with Gasteiger partial charge in [0.05, 0.1) is 5.52 Å². The first-order valence-corrected chi connectivity index (χ1v) is 7.16. The molecule has 1 aliphatic carbocycles. The molecular formula is C16H18N2O2. The molecule has 1 aliphatic rings. The van der Waals surface area contributed by atoms with Gasteiger partial charge >= 0.3 is 0 Å². The summed E-state index contributed by atoms with van der Waals surface area (Å²) in [5.41, 5.74) is 3.67. The number of amides is 1. The Morgan fingerprint density at radius 3 is 2.90 bits per heavy atom. The number of benzene rings is 1. The first kappa shape index (κ1) is 12.9. The van der Waals surface area contributed by atoms with Crippen molar-refractivity contribution < 1.29 is 4.79 Å². The number of H-pyrrole nitrogens is 1. The van der Waals surface area contributed by atoms with Crippen LogP contribution in [0.3, 0.4) is 0 Å². The molecule has 0 atom stereocenters. The molecule has 104 valence electrons. The van der Waals surface area contributed by atoms with Crippen molar-refractivity contribution in [3.63, 3.8) is 0 Å². The van der Waals surface area contributed by atoms with Crippen LogP contribution in [0.1, 0.15) is 37.3 Å². The molecule has 0 radical (unpaired) electrons. The highest BCUT2D eigenvalue weighted by Gasteiger charge is 2.17. The molecule has 1 heterocycles. The van der Waals surface area contributed by atoms with Gasteiger partial charge in [0.2, 0.25) is 5.91 Å². The third-order valence-electron chi connectivity index (χ3n) is 3.85. The first-order valence-electron chi connectivity index (χ1n) is 7.16. The number of aromatic amines is 1. The molecule has 0 fully saturated rings. The maximum Gasteiger partial charge on any atom is 0.251 e. The van der Waals surface area contributed by atoms with Crippen molar-refractivity contribution in [1.29, 1.82) is 0 Å². The van der Waals surface area contributed by atoms with Crippen LogP contribution in [0.15, 0.2) is 23.0 Å². The van der Waals surface area contributed by atoms with E-state index in [4.69, 9.17) is 0 Å². The minimum Gasteiger partial charge on any atom is -0.326 e. The summed E-state index contributed by atoms with van der Waals surface area (Å²) in [5, 5.41) is 3.96. The number of nitrogens with one attached hydrogen (secondary N) is 2. The minimum absolute atomic E-state index is 0.00959. The molecule has 1 aromatic carbocycles. The Morgan fingerprint density at radius 2 is 2.10 bits per heavy atom. The number of anilines is 1. The summed E-state index contributed by atoms with van der Waals surface area (Å²) >= 11 is 0. The Hall–Kier alpha value is -2.10. The second-order valence-corrected chi connectivity index (χ2v) is 5.32. The van der Waals surface area contributed by atoms with E-state index in [0.29, 0.717) is 6.42 Å². The van der Waals surface area contributed by atoms with Crippen LogP contribution in [0.5, 0.6) is 0 Å². The molecule has 3 rings (SSSR count). The first-order chi connectivity index (χ1) is 9.69. The molecule has 1 amide bonds. The Kier molecular flexibility index (Phi) is 3.30. The van der Waals surface area contributed by atoms with Crippen molar-refractivity contribution in [2.75, 3.05) is 5.32 Å². The molecule has 4 heteroatoms. The summed E-state index contributed by atoms with van der Waals surface area (Å²) in [6.45, 7) is 1.97. The van der Waals surface area contributed by atoms with Gasteiger partial charge in [0.1, 0.15) is 0 Å². The van der Waals surface area contributed by atoms with Gasteiger partial charge in [0, 0.05) is 23.1 Å². The van der Waals surface area contributed by atoms with Gasteiger partial charge in [-0.05, 0) is 43.4 Å². The number of carbonyl (C=O) groups excluding carboxylic acids is 1. The van der Waals surface area contributed by atoms with Crippen molar-refractivity contribution in [3.8, 4) is 0 Å². The number of hydrogen-bond acceptors (Lipinski definition) is 2. The summed E-state index contributed by atoms with van der Waals surface area (Å²) in [4.78, 5) is 26.6. The molecule has 0 bridgehead atoms.